The van der Waals surface area contributed by atoms with Gasteiger partial charge in [-0.05, 0) is 12.8 Å². The molecule has 1 amide bonds. The van der Waals surface area contributed by atoms with E-state index in [1.54, 1.807) is 7.11 Å². The van der Waals surface area contributed by atoms with E-state index in [2.05, 4.69) is 5.32 Å². The van der Waals surface area contributed by atoms with Gasteiger partial charge in [-0.15, -0.1) is 0 Å². The number of carbonyl (C=O) groups excluding carboxylic acids is 1. The summed E-state index contributed by atoms with van der Waals surface area (Å²) in [5, 5.41) is 2.79. The van der Waals surface area contributed by atoms with Gasteiger partial charge in [0.1, 0.15) is 0 Å². The van der Waals surface area contributed by atoms with Gasteiger partial charge in [0.05, 0.1) is 19.0 Å². The van der Waals surface area contributed by atoms with E-state index in [0.29, 0.717) is 39.1 Å². The lowest BCUT2D eigenvalue weighted by atomic mass is 9.97. The van der Waals surface area contributed by atoms with Gasteiger partial charge in [-0.2, -0.15) is 0 Å². The minimum absolute atomic E-state index is 0.00575. The maximum atomic E-state index is 12.0. The lowest BCUT2D eigenvalue weighted by molar-refractivity contribution is -0.126. The highest BCUT2D eigenvalue weighted by molar-refractivity contribution is 7.89. The van der Waals surface area contributed by atoms with E-state index < -0.39 is 10.0 Å². The molecule has 1 fully saturated rings. The van der Waals surface area contributed by atoms with Crippen LogP contribution in [0.25, 0.3) is 0 Å². The van der Waals surface area contributed by atoms with Gasteiger partial charge in [-0.3, -0.25) is 4.79 Å². The Morgan fingerprint density at radius 2 is 1.80 bits per heavy atom. The number of carbonyl (C=O) groups is 1. The number of amides is 1. The number of nitrogens with zero attached hydrogens (tertiary/aromatic N) is 1. The molecule has 0 radical (unpaired) electrons. The SMILES string of the molecule is COCCNC(=O)C1CCN(S(=O)(=O)CCOC)CC1. The highest BCUT2D eigenvalue weighted by Crippen LogP contribution is 2.19. The Kier molecular flexibility index (Phi) is 7.42. The van der Waals surface area contributed by atoms with E-state index in [1.807, 2.05) is 0 Å². The van der Waals surface area contributed by atoms with E-state index in [0.717, 1.165) is 0 Å². The van der Waals surface area contributed by atoms with Gasteiger partial charge < -0.3 is 14.8 Å². The lowest BCUT2D eigenvalue weighted by Gasteiger charge is -2.30. The van der Waals surface area contributed by atoms with Gasteiger partial charge in [0, 0.05) is 39.8 Å². The van der Waals surface area contributed by atoms with Crippen LogP contribution in [0.3, 0.4) is 0 Å². The summed E-state index contributed by atoms with van der Waals surface area (Å²) in [5.74, 6) is -0.134. The molecule has 1 aliphatic heterocycles. The molecular formula is C12H24N2O5S. The molecular weight excluding hydrogens is 284 g/mol. The molecule has 1 rings (SSSR count). The molecule has 8 heteroatoms. The third kappa shape index (κ3) is 5.35. The highest BCUT2D eigenvalue weighted by atomic mass is 32.2. The smallest absolute Gasteiger partial charge is 0.223 e. The summed E-state index contributed by atoms with van der Waals surface area (Å²) in [6.07, 6.45) is 1.12. The summed E-state index contributed by atoms with van der Waals surface area (Å²) in [4.78, 5) is 11.8. The first-order chi connectivity index (χ1) is 9.51. The van der Waals surface area contributed by atoms with Crippen LogP contribution in [-0.4, -0.2) is 71.5 Å². The molecule has 20 heavy (non-hydrogen) atoms. The van der Waals surface area contributed by atoms with E-state index in [4.69, 9.17) is 9.47 Å². The molecule has 1 aliphatic rings. The average Bonchev–Trinajstić information content (AvgIpc) is 2.45. The monoisotopic (exact) mass is 308 g/mol. The van der Waals surface area contributed by atoms with Crippen molar-refractivity contribution < 1.29 is 22.7 Å². The topological polar surface area (TPSA) is 84.9 Å². The molecule has 1 N–H and O–H groups in total. The molecule has 1 heterocycles. The van der Waals surface area contributed by atoms with Crippen LogP contribution in [0.1, 0.15) is 12.8 Å². The van der Waals surface area contributed by atoms with Crippen LogP contribution in [-0.2, 0) is 24.3 Å². The Morgan fingerprint density at radius 1 is 1.20 bits per heavy atom. The van der Waals surface area contributed by atoms with Crippen LogP contribution >= 0.6 is 0 Å². The minimum Gasteiger partial charge on any atom is -0.384 e. The molecule has 0 aromatic heterocycles. The number of rotatable bonds is 8. The van der Waals surface area contributed by atoms with Crippen LogP contribution in [0.15, 0.2) is 0 Å². The van der Waals surface area contributed by atoms with Crippen LogP contribution in [0, 0.1) is 5.92 Å². The Bertz CT molecular complexity index is 391. The minimum atomic E-state index is -3.26. The zero-order valence-corrected chi connectivity index (χ0v) is 12.9. The predicted molar refractivity (Wildman–Crippen MR) is 74.8 cm³/mol. The molecule has 0 atom stereocenters. The summed E-state index contributed by atoms with van der Waals surface area (Å²) in [6, 6.07) is 0. The second-order valence-electron chi connectivity index (χ2n) is 4.77. The number of ether oxygens (including phenoxy) is 2. The number of methoxy groups -OCH3 is 2. The van der Waals surface area contributed by atoms with Crippen LogP contribution in [0.4, 0.5) is 0 Å². The van der Waals surface area contributed by atoms with Gasteiger partial charge in [0.15, 0.2) is 0 Å². The van der Waals surface area contributed by atoms with Crippen LogP contribution in [0.5, 0.6) is 0 Å². The molecule has 1 saturated heterocycles. The van der Waals surface area contributed by atoms with Crippen molar-refractivity contribution in [3.05, 3.63) is 0 Å². The number of sulfonamides is 1. The van der Waals surface area contributed by atoms with Gasteiger partial charge in [-0.25, -0.2) is 12.7 Å². The third-order valence-electron chi connectivity index (χ3n) is 3.37. The molecule has 0 aromatic carbocycles. The Hall–Kier alpha value is -0.700. The molecule has 0 unspecified atom stereocenters. The van der Waals surface area contributed by atoms with Crippen molar-refractivity contribution >= 4 is 15.9 Å². The van der Waals surface area contributed by atoms with Crippen molar-refractivity contribution in [3.8, 4) is 0 Å². The molecule has 118 valence electrons. The van der Waals surface area contributed by atoms with Crippen molar-refractivity contribution in [2.75, 3.05) is 52.8 Å². The third-order valence-corrected chi connectivity index (χ3v) is 5.20. The molecule has 0 aliphatic carbocycles. The second kappa shape index (κ2) is 8.56. The number of piperidine rings is 1. The summed E-state index contributed by atoms with van der Waals surface area (Å²) in [7, 11) is -0.202. The average molecular weight is 308 g/mol. The highest BCUT2D eigenvalue weighted by Gasteiger charge is 2.30. The Labute approximate surface area is 120 Å². The molecule has 0 saturated carbocycles. The lowest BCUT2D eigenvalue weighted by Crippen LogP contribution is -2.44. The van der Waals surface area contributed by atoms with E-state index >= 15 is 0 Å². The quantitative estimate of drug-likeness (QED) is 0.608. The van der Waals surface area contributed by atoms with Crippen molar-refractivity contribution in [1.82, 2.24) is 9.62 Å². The van der Waals surface area contributed by atoms with Crippen molar-refractivity contribution in [2.24, 2.45) is 5.92 Å². The molecule has 0 bridgehead atoms. The van der Waals surface area contributed by atoms with Gasteiger partial charge in [0.25, 0.3) is 0 Å². The fourth-order valence-corrected chi connectivity index (χ4v) is 3.54. The fourth-order valence-electron chi connectivity index (χ4n) is 2.13. The first-order valence-corrected chi connectivity index (χ1v) is 8.35. The van der Waals surface area contributed by atoms with Crippen LogP contribution in [0.2, 0.25) is 0 Å². The van der Waals surface area contributed by atoms with Crippen molar-refractivity contribution in [1.29, 1.82) is 0 Å². The maximum absolute atomic E-state index is 12.0. The number of hydrogen-bond donors (Lipinski definition) is 1. The van der Waals surface area contributed by atoms with E-state index in [1.165, 1.54) is 11.4 Å². The fraction of sp³-hybridized carbons (Fsp3) is 0.917. The standard InChI is InChI=1S/C12H24N2O5S/c1-18-8-5-13-12(15)11-3-6-14(7-4-11)20(16,17)10-9-19-2/h11H,3-10H2,1-2H3,(H,13,15). The number of hydrogen-bond acceptors (Lipinski definition) is 5. The zero-order chi connectivity index (χ0) is 15.0. The Morgan fingerprint density at radius 3 is 2.35 bits per heavy atom. The van der Waals surface area contributed by atoms with Crippen LogP contribution < -0.4 is 5.32 Å². The Balaban J connectivity index is 2.37. The van der Waals surface area contributed by atoms with Gasteiger partial charge in [0.2, 0.25) is 15.9 Å². The molecule has 7 nitrogen and oxygen atoms in total. The molecule has 0 aromatic rings. The second-order valence-corrected chi connectivity index (χ2v) is 6.85. The zero-order valence-electron chi connectivity index (χ0n) is 12.1. The summed E-state index contributed by atoms with van der Waals surface area (Å²) in [6.45, 7) is 1.96. The van der Waals surface area contributed by atoms with Crippen molar-refractivity contribution in [3.63, 3.8) is 0 Å². The molecule has 0 spiro atoms. The summed E-state index contributed by atoms with van der Waals surface area (Å²) >= 11 is 0. The number of nitrogens with one attached hydrogen (secondary N) is 1. The summed E-state index contributed by atoms with van der Waals surface area (Å²) in [5.41, 5.74) is 0. The van der Waals surface area contributed by atoms with Crippen molar-refractivity contribution in [2.45, 2.75) is 12.8 Å². The van der Waals surface area contributed by atoms with E-state index in [-0.39, 0.29) is 24.2 Å². The van der Waals surface area contributed by atoms with E-state index in [9.17, 15) is 13.2 Å². The first kappa shape index (κ1) is 17.4. The first-order valence-electron chi connectivity index (χ1n) is 6.74. The normalized spacial score (nSPS) is 18.1. The maximum Gasteiger partial charge on any atom is 0.223 e. The summed E-state index contributed by atoms with van der Waals surface area (Å²) < 4.78 is 35.0. The largest absolute Gasteiger partial charge is 0.384 e. The predicted octanol–water partition coefficient (Wildman–Crippen LogP) is -0.563. The van der Waals surface area contributed by atoms with Gasteiger partial charge in [-0.1, -0.05) is 0 Å². The van der Waals surface area contributed by atoms with Gasteiger partial charge >= 0.3 is 0 Å².